The van der Waals surface area contributed by atoms with E-state index in [0.717, 1.165) is 61.6 Å². The molecule has 2 aliphatic heterocycles. The average Bonchev–Trinajstić information content (AvgIpc) is 3.23. The molecule has 172 valence electrons. The minimum absolute atomic E-state index is 0.0146. The second-order valence-electron chi connectivity index (χ2n) is 9.09. The Balaban J connectivity index is 1.26. The van der Waals surface area contributed by atoms with Gasteiger partial charge in [0.1, 0.15) is 24.1 Å². The maximum atomic E-state index is 13.1. The summed E-state index contributed by atoms with van der Waals surface area (Å²) in [5.74, 6) is -0.432. The number of carbonyl (C=O) groups excluding carboxylic acids is 2. The maximum absolute atomic E-state index is 13.1. The molecular formula is C24H28FN6O2+. The molecule has 9 heteroatoms. The van der Waals surface area contributed by atoms with Crippen LogP contribution in [0.4, 0.5) is 14.9 Å². The Bertz CT molecular complexity index is 1190. The number of hydrogen-bond donors (Lipinski definition) is 1. The number of nitrogens with one attached hydrogen (secondary N) is 1. The molecule has 0 saturated carbocycles. The summed E-state index contributed by atoms with van der Waals surface area (Å²) in [6.45, 7) is 5.90. The van der Waals surface area contributed by atoms with Crippen LogP contribution < -0.4 is 9.80 Å². The van der Waals surface area contributed by atoms with Gasteiger partial charge in [-0.15, -0.1) is 0 Å². The van der Waals surface area contributed by atoms with Crippen molar-refractivity contribution in [3.63, 3.8) is 0 Å². The number of quaternary nitrogens is 1. The molecule has 1 N–H and O–H groups in total. The summed E-state index contributed by atoms with van der Waals surface area (Å²) in [4.78, 5) is 29.1. The number of hydrogen-bond acceptors (Lipinski definition) is 5. The van der Waals surface area contributed by atoms with Crippen LogP contribution in [0.15, 0.2) is 48.8 Å². The van der Waals surface area contributed by atoms with Gasteiger partial charge < -0.3 is 0 Å². The second-order valence-corrected chi connectivity index (χ2v) is 9.09. The molecule has 1 unspecified atom stereocenters. The van der Waals surface area contributed by atoms with E-state index in [9.17, 15) is 14.0 Å². The van der Waals surface area contributed by atoms with E-state index in [4.69, 9.17) is 0 Å². The number of imide groups is 1. The van der Waals surface area contributed by atoms with Gasteiger partial charge in [-0.3, -0.25) is 14.6 Å². The second kappa shape index (κ2) is 8.66. The predicted molar refractivity (Wildman–Crippen MR) is 123 cm³/mol. The fourth-order valence-electron chi connectivity index (χ4n) is 4.66. The van der Waals surface area contributed by atoms with Crippen molar-refractivity contribution in [2.45, 2.75) is 19.5 Å². The van der Waals surface area contributed by atoms with Crippen molar-refractivity contribution in [1.29, 1.82) is 0 Å². The number of nitrogens with zero attached hydrogens (tertiary/aromatic N) is 5. The molecular weight excluding hydrogens is 423 g/mol. The minimum Gasteiger partial charge on any atom is -0.297 e. The number of fused-ring (bicyclic) bond motifs is 1. The summed E-state index contributed by atoms with van der Waals surface area (Å²) in [5, 5.41) is 6.88. The third-order valence-corrected chi connectivity index (χ3v) is 6.77. The molecule has 0 radical (unpaired) electrons. The summed E-state index contributed by atoms with van der Waals surface area (Å²) in [5.41, 5.74) is 3.97. The van der Waals surface area contributed by atoms with Crippen molar-refractivity contribution in [2.75, 3.05) is 39.8 Å². The molecule has 3 amide bonds. The van der Waals surface area contributed by atoms with Crippen LogP contribution in [0, 0.1) is 5.82 Å². The largest absolute Gasteiger partial charge is 0.428 e. The Morgan fingerprint density at radius 1 is 1.00 bits per heavy atom. The molecule has 0 spiro atoms. The number of aromatic nitrogens is 2. The number of amides is 3. The van der Waals surface area contributed by atoms with Crippen LogP contribution >= 0.6 is 0 Å². The van der Waals surface area contributed by atoms with Gasteiger partial charge in [0.15, 0.2) is 5.69 Å². The molecule has 4 heterocycles. The maximum Gasteiger partial charge on any atom is 0.428 e. The Hall–Kier alpha value is -3.14. The van der Waals surface area contributed by atoms with Crippen molar-refractivity contribution >= 4 is 23.1 Å². The first-order chi connectivity index (χ1) is 15.9. The number of rotatable bonds is 5. The first-order valence-electron chi connectivity index (χ1n) is 11.3. The lowest BCUT2D eigenvalue weighted by atomic mass is 10.1. The van der Waals surface area contributed by atoms with Gasteiger partial charge in [0.25, 0.3) is 0 Å². The van der Waals surface area contributed by atoms with Gasteiger partial charge in [-0.2, -0.15) is 5.10 Å². The molecule has 3 aromatic rings. The number of halogens is 1. The van der Waals surface area contributed by atoms with E-state index in [1.54, 1.807) is 10.7 Å². The van der Waals surface area contributed by atoms with Crippen molar-refractivity contribution in [3.8, 4) is 0 Å². The SMILES string of the molecule is C[N+]1(c2cnn3ccc(CN4CCN(Cc5ccc(F)cc5)CC4)cc23)CCC(=O)NC1=O. The number of benzene rings is 1. The quantitative estimate of drug-likeness (QED) is 0.604. The van der Waals surface area contributed by atoms with E-state index in [0.29, 0.717) is 13.0 Å². The van der Waals surface area contributed by atoms with E-state index in [1.807, 2.05) is 25.4 Å². The highest BCUT2D eigenvalue weighted by molar-refractivity contribution is 6.03. The lowest BCUT2D eigenvalue weighted by Crippen LogP contribution is -2.62. The van der Waals surface area contributed by atoms with E-state index < -0.39 is 0 Å². The highest BCUT2D eigenvalue weighted by Crippen LogP contribution is 2.30. The Morgan fingerprint density at radius 3 is 2.33 bits per heavy atom. The van der Waals surface area contributed by atoms with Crippen molar-refractivity contribution in [2.24, 2.45) is 0 Å². The van der Waals surface area contributed by atoms with Gasteiger partial charge in [-0.05, 0) is 35.4 Å². The Morgan fingerprint density at radius 2 is 1.67 bits per heavy atom. The number of pyridine rings is 1. The highest BCUT2D eigenvalue weighted by Gasteiger charge is 2.42. The first-order valence-corrected chi connectivity index (χ1v) is 11.3. The van der Waals surface area contributed by atoms with Gasteiger partial charge in [0.2, 0.25) is 5.91 Å². The zero-order valence-corrected chi connectivity index (χ0v) is 18.7. The highest BCUT2D eigenvalue weighted by atomic mass is 19.1. The van der Waals surface area contributed by atoms with Gasteiger partial charge >= 0.3 is 6.03 Å². The number of urea groups is 1. The molecule has 5 rings (SSSR count). The minimum atomic E-state index is -0.316. The van der Waals surface area contributed by atoms with E-state index in [-0.39, 0.29) is 22.2 Å². The molecule has 2 saturated heterocycles. The predicted octanol–water partition coefficient (Wildman–Crippen LogP) is 2.37. The van der Waals surface area contributed by atoms with Crippen LogP contribution in [0.2, 0.25) is 0 Å². The Labute approximate surface area is 191 Å². The smallest absolute Gasteiger partial charge is 0.297 e. The van der Waals surface area contributed by atoms with Crippen LogP contribution in [-0.2, 0) is 17.9 Å². The summed E-state index contributed by atoms with van der Waals surface area (Å²) < 4.78 is 14.9. The topological polar surface area (TPSA) is 70.0 Å². The standard InChI is InChI=1S/C24H27FN6O2/c1-31(13-7-23(32)27-24(31)33)22-15-26-30-8-6-19(14-21(22)30)17-29-11-9-28(10-12-29)16-18-2-4-20(25)5-3-18/h2-6,8,14-15H,7,9-13,16-17H2,1H3/p+1. The molecule has 0 bridgehead atoms. The average molecular weight is 452 g/mol. The fraction of sp³-hybridized carbons (Fsp3) is 0.375. The van der Waals surface area contributed by atoms with E-state index in [1.165, 1.54) is 12.1 Å². The molecule has 33 heavy (non-hydrogen) atoms. The molecule has 8 nitrogen and oxygen atoms in total. The third kappa shape index (κ3) is 4.39. The number of piperazine rings is 1. The van der Waals surface area contributed by atoms with Gasteiger partial charge in [-0.25, -0.2) is 23.5 Å². The lowest BCUT2D eigenvalue weighted by Gasteiger charge is -2.35. The normalized spacial score (nSPS) is 22.6. The molecule has 2 fully saturated rings. The van der Waals surface area contributed by atoms with Gasteiger partial charge in [-0.1, -0.05) is 12.1 Å². The summed E-state index contributed by atoms with van der Waals surface area (Å²) in [6.07, 6.45) is 3.96. The van der Waals surface area contributed by atoms with Crippen LogP contribution in [0.25, 0.3) is 5.52 Å². The lowest BCUT2D eigenvalue weighted by molar-refractivity contribution is -0.121. The summed E-state index contributed by atoms with van der Waals surface area (Å²) >= 11 is 0. The van der Waals surface area contributed by atoms with Crippen LogP contribution in [0.1, 0.15) is 17.5 Å². The molecule has 2 aromatic heterocycles. The van der Waals surface area contributed by atoms with Crippen molar-refractivity contribution in [3.05, 3.63) is 65.7 Å². The van der Waals surface area contributed by atoms with Crippen LogP contribution in [0.3, 0.4) is 0 Å². The Kier molecular flexibility index (Phi) is 5.69. The molecule has 1 atom stereocenters. The summed E-state index contributed by atoms with van der Waals surface area (Å²) in [6, 6.07) is 10.6. The zero-order chi connectivity index (χ0) is 23.0. The molecule has 1 aromatic carbocycles. The van der Waals surface area contributed by atoms with Crippen LogP contribution in [0.5, 0.6) is 0 Å². The monoisotopic (exact) mass is 451 g/mol. The van der Waals surface area contributed by atoms with E-state index in [2.05, 4.69) is 32.3 Å². The molecule has 0 aliphatic carbocycles. The van der Waals surface area contributed by atoms with Crippen LogP contribution in [-0.4, -0.2) is 71.1 Å². The number of carbonyl (C=O) groups is 2. The van der Waals surface area contributed by atoms with Gasteiger partial charge in [0, 0.05) is 45.5 Å². The summed E-state index contributed by atoms with van der Waals surface area (Å²) in [7, 11) is 1.83. The van der Waals surface area contributed by atoms with E-state index >= 15 is 0 Å². The zero-order valence-electron chi connectivity index (χ0n) is 18.7. The van der Waals surface area contributed by atoms with Crippen molar-refractivity contribution < 1.29 is 14.0 Å². The first kappa shape index (κ1) is 21.7. The van der Waals surface area contributed by atoms with Crippen molar-refractivity contribution in [1.82, 2.24) is 29.2 Å². The van der Waals surface area contributed by atoms with Gasteiger partial charge in [0.05, 0.1) is 13.5 Å². The molecule has 2 aliphatic rings. The third-order valence-electron chi connectivity index (χ3n) is 6.77. The fourth-order valence-corrected chi connectivity index (χ4v) is 4.66.